The van der Waals surface area contributed by atoms with Crippen LogP contribution in [-0.4, -0.2) is 23.9 Å². The lowest BCUT2D eigenvalue weighted by Gasteiger charge is -2.11. The third-order valence-corrected chi connectivity index (χ3v) is 6.03. The highest BCUT2D eigenvalue weighted by atomic mass is 32.1. The number of hydrogen-bond acceptors (Lipinski definition) is 5. The topological polar surface area (TPSA) is 80.3 Å². The molecule has 0 aliphatic heterocycles. The van der Waals surface area contributed by atoms with Crippen LogP contribution < -0.4 is 15.4 Å². The summed E-state index contributed by atoms with van der Waals surface area (Å²) in [4.78, 5) is 30.6. The number of methoxy groups -OCH3 is 1. The molecule has 1 unspecified atom stereocenters. The zero-order valence-electron chi connectivity index (χ0n) is 16.3. The van der Waals surface area contributed by atoms with Crippen LogP contribution >= 0.6 is 11.3 Å². The summed E-state index contributed by atoms with van der Waals surface area (Å²) in [6, 6.07) is 12.8. The van der Waals surface area contributed by atoms with E-state index in [1.54, 1.807) is 43.5 Å². The summed E-state index contributed by atoms with van der Waals surface area (Å²) in [5.41, 5.74) is 2.05. The Morgan fingerprint density at radius 1 is 1.17 bits per heavy atom. The highest BCUT2D eigenvalue weighted by molar-refractivity contribution is 7.16. The molecule has 30 heavy (non-hydrogen) atoms. The largest absolute Gasteiger partial charge is 0.497 e. The van der Waals surface area contributed by atoms with Crippen LogP contribution in [0.5, 0.6) is 5.75 Å². The maximum Gasteiger partial charge on any atom is 0.257 e. The van der Waals surface area contributed by atoms with Crippen LogP contribution in [0, 0.1) is 5.82 Å². The quantitative estimate of drug-likeness (QED) is 0.628. The van der Waals surface area contributed by atoms with Crippen LogP contribution in [0.15, 0.2) is 48.5 Å². The minimum Gasteiger partial charge on any atom is -0.497 e. The van der Waals surface area contributed by atoms with Crippen LogP contribution in [0.1, 0.15) is 38.8 Å². The lowest BCUT2D eigenvalue weighted by molar-refractivity contribution is -0.122. The fourth-order valence-corrected chi connectivity index (χ4v) is 4.40. The number of hydrogen-bond donors (Lipinski definition) is 2. The molecule has 4 rings (SSSR count). The molecule has 0 saturated heterocycles. The standard InChI is InChI=1S/C22H20FN3O3S/c1-29-16-8-4-14(5-9-16)20(27)26-22-25-19-17(10-11-18(19)30-22)21(28)24-12-13-2-6-15(23)7-3-13/h2-9,17H,10-12H2,1H3,(H,24,28)(H,25,26,27). The second kappa shape index (κ2) is 8.62. The van der Waals surface area contributed by atoms with E-state index in [1.165, 1.54) is 23.5 Å². The Labute approximate surface area is 177 Å². The number of benzene rings is 2. The van der Waals surface area contributed by atoms with E-state index in [2.05, 4.69) is 15.6 Å². The van der Waals surface area contributed by atoms with Gasteiger partial charge in [-0.2, -0.15) is 0 Å². The first kappa shape index (κ1) is 20.0. The molecular formula is C22H20FN3O3S. The average molecular weight is 425 g/mol. The fraction of sp³-hybridized carbons (Fsp3) is 0.227. The Kier molecular flexibility index (Phi) is 5.76. The molecule has 2 aromatic carbocycles. The van der Waals surface area contributed by atoms with E-state index in [9.17, 15) is 14.0 Å². The van der Waals surface area contributed by atoms with E-state index < -0.39 is 0 Å². The summed E-state index contributed by atoms with van der Waals surface area (Å²) >= 11 is 1.40. The van der Waals surface area contributed by atoms with Crippen molar-refractivity contribution in [2.75, 3.05) is 12.4 Å². The summed E-state index contributed by atoms with van der Waals surface area (Å²) in [5.74, 6) is -0.353. The van der Waals surface area contributed by atoms with Crippen LogP contribution in [0.25, 0.3) is 0 Å². The molecule has 1 heterocycles. The minimum atomic E-state index is -0.344. The van der Waals surface area contributed by atoms with Crippen molar-refractivity contribution in [3.63, 3.8) is 0 Å². The van der Waals surface area contributed by atoms with Gasteiger partial charge in [0.25, 0.3) is 5.91 Å². The molecule has 1 aliphatic rings. The Balaban J connectivity index is 1.39. The van der Waals surface area contributed by atoms with Crippen LogP contribution in [0.3, 0.4) is 0 Å². The van der Waals surface area contributed by atoms with Crippen molar-refractivity contribution in [2.24, 2.45) is 0 Å². The lowest BCUT2D eigenvalue weighted by Crippen LogP contribution is -2.28. The highest BCUT2D eigenvalue weighted by Gasteiger charge is 2.32. The molecule has 8 heteroatoms. The van der Waals surface area contributed by atoms with Crippen molar-refractivity contribution in [1.82, 2.24) is 10.3 Å². The summed E-state index contributed by atoms with van der Waals surface area (Å²) in [5, 5.41) is 6.18. The molecule has 1 aromatic heterocycles. The van der Waals surface area contributed by atoms with E-state index in [-0.39, 0.29) is 23.5 Å². The molecule has 0 radical (unpaired) electrons. The van der Waals surface area contributed by atoms with Gasteiger partial charge in [-0.05, 0) is 54.8 Å². The predicted molar refractivity (Wildman–Crippen MR) is 112 cm³/mol. The van der Waals surface area contributed by atoms with Crippen LogP contribution in [-0.2, 0) is 17.8 Å². The molecular weight excluding hydrogens is 405 g/mol. The fourth-order valence-electron chi connectivity index (χ4n) is 3.36. The van der Waals surface area contributed by atoms with Crippen LogP contribution in [0.2, 0.25) is 0 Å². The van der Waals surface area contributed by atoms with Crippen molar-refractivity contribution >= 4 is 28.3 Å². The van der Waals surface area contributed by atoms with Gasteiger partial charge in [-0.1, -0.05) is 12.1 Å². The molecule has 6 nitrogen and oxygen atoms in total. The molecule has 3 aromatic rings. The number of carbonyl (C=O) groups excluding carboxylic acids is 2. The summed E-state index contributed by atoms with van der Waals surface area (Å²) < 4.78 is 18.1. The highest BCUT2D eigenvalue weighted by Crippen LogP contribution is 2.38. The normalized spacial score (nSPS) is 14.8. The van der Waals surface area contributed by atoms with E-state index >= 15 is 0 Å². The monoisotopic (exact) mass is 425 g/mol. The first-order valence-electron chi connectivity index (χ1n) is 9.50. The molecule has 2 amide bonds. The van der Waals surface area contributed by atoms with Gasteiger partial charge in [0.2, 0.25) is 5.91 Å². The van der Waals surface area contributed by atoms with Gasteiger partial charge < -0.3 is 10.1 Å². The molecule has 0 spiro atoms. The zero-order chi connectivity index (χ0) is 21.1. The lowest BCUT2D eigenvalue weighted by atomic mass is 10.1. The number of carbonyl (C=O) groups is 2. The van der Waals surface area contributed by atoms with Gasteiger partial charge in [0.15, 0.2) is 5.13 Å². The zero-order valence-corrected chi connectivity index (χ0v) is 17.1. The van der Waals surface area contributed by atoms with Crippen molar-refractivity contribution in [3.05, 3.63) is 76.0 Å². The number of anilines is 1. The van der Waals surface area contributed by atoms with E-state index in [4.69, 9.17) is 4.74 Å². The molecule has 0 fully saturated rings. The summed E-state index contributed by atoms with van der Waals surface area (Å²) in [6.45, 7) is 0.330. The first-order chi connectivity index (χ1) is 14.5. The number of fused-ring (bicyclic) bond motifs is 1. The predicted octanol–water partition coefficient (Wildman–Crippen LogP) is 3.89. The number of nitrogens with zero attached hydrogens (tertiary/aromatic N) is 1. The third-order valence-electron chi connectivity index (χ3n) is 4.99. The SMILES string of the molecule is COc1ccc(C(=O)Nc2nc3c(s2)CCC3C(=O)NCc2ccc(F)cc2)cc1. The average Bonchev–Trinajstić information content (AvgIpc) is 3.33. The maximum absolute atomic E-state index is 13.0. The van der Waals surface area contributed by atoms with Crippen molar-refractivity contribution in [1.29, 1.82) is 0 Å². The smallest absolute Gasteiger partial charge is 0.257 e. The number of thiazole rings is 1. The van der Waals surface area contributed by atoms with Crippen molar-refractivity contribution < 1.29 is 18.7 Å². The van der Waals surface area contributed by atoms with E-state index in [0.717, 1.165) is 22.6 Å². The van der Waals surface area contributed by atoms with Gasteiger partial charge >= 0.3 is 0 Å². The Bertz CT molecular complexity index is 1060. The molecule has 0 saturated carbocycles. The summed E-state index contributed by atoms with van der Waals surface area (Å²) in [7, 11) is 1.57. The number of ether oxygens (including phenoxy) is 1. The number of amides is 2. The number of nitrogens with one attached hydrogen (secondary N) is 2. The number of aryl methyl sites for hydroxylation is 1. The maximum atomic E-state index is 13.0. The second-order valence-corrected chi connectivity index (χ2v) is 8.03. The van der Waals surface area contributed by atoms with Gasteiger partial charge in [0.05, 0.1) is 18.7 Å². The molecule has 1 atom stereocenters. The third kappa shape index (κ3) is 4.33. The summed E-state index contributed by atoms with van der Waals surface area (Å²) in [6.07, 6.45) is 1.44. The van der Waals surface area contributed by atoms with Gasteiger partial charge in [0.1, 0.15) is 11.6 Å². The van der Waals surface area contributed by atoms with Crippen molar-refractivity contribution in [2.45, 2.75) is 25.3 Å². The molecule has 0 bridgehead atoms. The molecule has 2 N–H and O–H groups in total. The van der Waals surface area contributed by atoms with E-state index in [1.807, 2.05) is 0 Å². The molecule has 154 valence electrons. The van der Waals surface area contributed by atoms with Gasteiger partial charge in [0, 0.05) is 17.0 Å². The first-order valence-corrected chi connectivity index (χ1v) is 10.3. The minimum absolute atomic E-state index is 0.114. The second-order valence-electron chi connectivity index (χ2n) is 6.95. The van der Waals surface area contributed by atoms with Crippen molar-refractivity contribution in [3.8, 4) is 5.75 Å². The Hall–Kier alpha value is -3.26. The Morgan fingerprint density at radius 3 is 2.60 bits per heavy atom. The number of rotatable bonds is 6. The van der Waals surface area contributed by atoms with Gasteiger partial charge in [-0.15, -0.1) is 11.3 Å². The van der Waals surface area contributed by atoms with Crippen LogP contribution in [0.4, 0.5) is 9.52 Å². The van der Waals surface area contributed by atoms with Gasteiger partial charge in [-0.25, -0.2) is 9.37 Å². The Morgan fingerprint density at radius 2 is 1.90 bits per heavy atom. The van der Waals surface area contributed by atoms with Gasteiger partial charge in [-0.3, -0.25) is 14.9 Å². The number of halogens is 1. The van der Waals surface area contributed by atoms with E-state index in [0.29, 0.717) is 29.4 Å². The number of aromatic nitrogens is 1. The molecule has 1 aliphatic carbocycles.